The number of nitrogens with one attached hydrogen (secondary N) is 2. The van der Waals surface area contributed by atoms with Gasteiger partial charge in [0.2, 0.25) is 0 Å². The zero-order valence-corrected chi connectivity index (χ0v) is 16.8. The van der Waals surface area contributed by atoms with E-state index in [4.69, 9.17) is 0 Å². The summed E-state index contributed by atoms with van der Waals surface area (Å²) < 4.78 is 1.94. The third kappa shape index (κ3) is 7.30. The largest absolute Gasteiger partial charge is 0.357 e. The summed E-state index contributed by atoms with van der Waals surface area (Å²) in [5, 5.41) is 14.1. The number of guanidine groups is 1. The van der Waals surface area contributed by atoms with E-state index in [1.165, 1.54) is 5.01 Å². The predicted octanol–water partition coefficient (Wildman–Crippen LogP) is 2.67. The molecule has 2 aromatic rings. The topological polar surface area (TPSA) is 67.1 Å². The zero-order chi connectivity index (χ0) is 15.6. The molecule has 2 rings (SSSR count). The lowest BCUT2D eigenvalue weighted by molar-refractivity contribution is 0.570. The Morgan fingerprint density at radius 2 is 2.22 bits per heavy atom. The van der Waals surface area contributed by atoms with Crippen molar-refractivity contribution in [1.29, 1.82) is 0 Å². The first-order valence-corrected chi connectivity index (χ1v) is 8.62. The van der Waals surface area contributed by atoms with E-state index < -0.39 is 0 Å². The molecule has 128 valence electrons. The molecule has 0 radical (unpaired) electrons. The Bertz CT molecular complexity index is 566. The van der Waals surface area contributed by atoms with E-state index in [9.17, 15) is 0 Å². The number of nitrogens with zero attached hydrogens (tertiary/aromatic N) is 4. The molecule has 0 aliphatic rings. The van der Waals surface area contributed by atoms with Gasteiger partial charge in [0.15, 0.2) is 5.96 Å². The summed E-state index contributed by atoms with van der Waals surface area (Å²) in [6.07, 6.45) is 5.77. The molecule has 6 nitrogen and oxygen atoms in total. The molecule has 0 atom stereocenters. The number of halogens is 1. The van der Waals surface area contributed by atoms with Crippen LogP contribution in [0.4, 0.5) is 0 Å². The van der Waals surface area contributed by atoms with Gasteiger partial charge in [-0.25, -0.2) is 9.98 Å². The summed E-state index contributed by atoms with van der Waals surface area (Å²) in [5.41, 5.74) is 1.04. The molecule has 0 aliphatic carbocycles. The Hall–Kier alpha value is -1.16. The lowest BCUT2D eigenvalue weighted by Gasteiger charge is -2.10. The van der Waals surface area contributed by atoms with Crippen LogP contribution in [0.2, 0.25) is 0 Å². The van der Waals surface area contributed by atoms with Gasteiger partial charge in [-0.2, -0.15) is 5.10 Å². The summed E-state index contributed by atoms with van der Waals surface area (Å²) in [5.74, 6) is 0.842. The molecule has 23 heavy (non-hydrogen) atoms. The summed E-state index contributed by atoms with van der Waals surface area (Å²) in [6.45, 7) is 7.43. The molecular weight excluding hydrogens is 423 g/mol. The Morgan fingerprint density at radius 3 is 2.87 bits per heavy atom. The van der Waals surface area contributed by atoms with Crippen LogP contribution < -0.4 is 10.6 Å². The second-order valence-electron chi connectivity index (χ2n) is 4.83. The number of aromatic nitrogens is 3. The molecule has 0 fully saturated rings. The van der Waals surface area contributed by atoms with Crippen LogP contribution in [0.15, 0.2) is 28.8 Å². The van der Waals surface area contributed by atoms with Crippen molar-refractivity contribution in [2.75, 3.05) is 13.1 Å². The van der Waals surface area contributed by atoms with E-state index in [-0.39, 0.29) is 24.0 Å². The Kier molecular flexibility index (Phi) is 9.85. The lowest BCUT2D eigenvalue weighted by atomic mass is 10.4. The molecule has 0 saturated heterocycles. The second-order valence-corrected chi connectivity index (χ2v) is 5.77. The lowest BCUT2D eigenvalue weighted by Crippen LogP contribution is -2.38. The highest BCUT2D eigenvalue weighted by molar-refractivity contribution is 14.0. The van der Waals surface area contributed by atoms with Crippen molar-refractivity contribution in [1.82, 2.24) is 25.4 Å². The van der Waals surface area contributed by atoms with Gasteiger partial charge in [-0.1, -0.05) is 6.92 Å². The summed E-state index contributed by atoms with van der Waals surface area (Å²) in [6, 6.07) is 1.94. The number of aliphatic imine (C=N–C) groups is 1. The number of hydrogen-bond donors (Lipinski definition) is 2. The standard InChI is InChI=1S/C15H24N6S.HI/c1-3-14-20-13(12-22-14)11-18-15(16-4-2)17-7-5-9-21-10-6-8-19-21;/h6,8,10,12H,3-5,7,9,11H2,1-2H3,(H2,16,17,18);1H. The van der Waals surface area contributed by atoms with Crippen LogP contribution in [0.5, 0.6) is 0 Å². The van der Waals surface area contributed by atoms with E-state index in [0.717, 1.165) is 44.1 Å². The first-order chi connectivity index (χ1) is 10.8. The first-order valence-electron chi connectivity index (χ1n) is 7.74. The van der Waals surface area contributed by atoms with Gasteiger partial charge in [-0.05, 0) is 25.8 Å². The van der Waals surface area contributed by atoms with Gasteiger partial charge in [-0.3, -0.25) is 4.68 Å². The van der Waals surface area contributed by atoms with Crippen LogP contribution in [-0.4, -0.2) is 33.8 Å². The molecule has 0 amide bonds. The van der Waals surface area contributed by atoms with Crippen molar-refractivity contribution >= 4 is 41.3 Å². The molecule has 0 unspecified atom stereocenters. The molecule has 0 aromatic carbocycles. The van der Waals surface area contributed by atoms with Crippen molar-refractivity contribution in [2.45, 2.75) is 39.8 Å². The summed E-state index contributed by atoms with van der Waals surface area (Å²) in [7, 11) is 0. The number of aryl methyl sites for hydroxylation is 2. The van der Waals surface area contributed by atoms with Gasteiger partial charge in [-0.15, -0.1) is 35.3 Å². The quantitative estimate of drug-likeness (QED) is 0.282. The monoisotopic (exact) mass is 448 g/mol. The molecule has 0 aliphatic heterocycles. The first kappa shape index (κ1) is 19.9. The highest BCUT2D eigenvalue weighted by Gasteiger charge is 2.01. The van der Waals surface area contributed by atoms with Crippen LogP contribution in [-0.2, 0) is 19.5 Å². The number of thiazole rings is 1. The number of rotatable bonds is 8. The molecular formula is C15H25IN6S. The minimum absolute atomic E-state index is 0. The average Bonchev–Trinajstić information content (AvgIpc) is 3.20. The van der Waals surface area contributed by atoms with Crippen molar-refractivity contribution in [3.63, 3.8) is 0 Å². The van der Waals surface area contributed by atoms with E-state index in [1.54, 1.807) is 17.5 Å². The minimum atomic E-state index is 0. The van der Waals surface area contributed by atoms with Crippen molar-refractivity contribution in [2.24, 2.45) is 4.99 Å². The molecule has 8 heteroatoms. The third-order valence-electron chi connectivity index (χ3n) is 3.06. The van der Waals surface area contributed by atoms with E-state index >= 15 is 0 Å². The number of hydrogen-bond acceptors (Lipinski definition) is 4. The SMILES string of the molecule is CCNC(=NCc1csc(CC)n1)NCCCn1cccn1.I. The van der Waals surface area contributed by atoms with Gasteiger partial charge >= 0.3 is 0 Å². The minimum Gasteiger partial charge on any atom is -0.357 e. The zero-order valence-electron chi connectivity index (χ0n) is 13.7. The van der Waals surface area contributed by atoms with Crippen molar-refractivity contribution < 1.29 is 0 Å². The maximum Gasteiger partial charge on any atom is 0.191 e. The van der Waals surface area contributed by atoms with Crippen molar-refractivity contribution in [3.05, 3.63) is 34.5 Å². The Morgan fingerprint density at radius 1 is 1.35 bits per heavy atom. The van der Waals surface area contributed by atoms with Crippen LogP contribution in [0.3, 0.4) is 0 Å². The van der Waals surface area contributed by atoms with Crippen LogP contribution in [0.25, 0.3) is 0 Å². The van der Waals surface area contributed by atoms with Crippen LogP contribution in [0.1, 0.15) is 31.0 Å². The molecule has 2 aromatic heterocycles. The van der Waals surface area contributed by atoms with Crippen LogP contribution >= 0.6 is 35.3 Å². The van der Waals surface area contributed by atoms with Crippen LogP contribution in [0, 0.1) is 0 Å². The van der Waals surface area contributed by atoms with Gasteiger partial charge in [0.1, 0.15) is 0 Å². The molecule has 0 bridgehead atoms. The molecule has 2 heterocycles. The third-order valence-corrected chi connectivity index (χ3v) is 4.10. The smallest absolute Gasteiger partial charge is 0.191 e. The van der Waals surface area contributed by atoms with Gasteiger partial charge < -0.3 is 10.6 Å². The van der Waals surface area contributed by atoms with Gasteiger partial charge in [0, 0.05) is 37.4 Å². The maximum atomic E-state index is 4.58. The average molecular weight is 448 g/mol. The van der Waals surface area contributed by atoms with E-state index in [2.05, 4.69) is 44.9 Å². The fourth-order valence-electron chi connectivity index (χ4n) is 1.97. The molecule has 0 saturated carbocycles. The molecule has 2 N–H and O–H groups in total. The predicted molar refractivity (Wildman–Crippen MR) is 107 cm³/mol. The fraction of sp³-hybridized carbons (Fsp3) is 0.533. The van der Waals surface area contributed by atoms with E-state index in [0.29, 0.717) is 6.54 Å². The van der Waals surface area contributed by atoms with Crippen molar-refractivity contribution in [3.8, 4) is 0 Å². The van der Waals surface area contributed by atoms with E-state index in [1.807, 2.05) is 16.9 Å². The summed E-state index contributed by atoms with van der Waals surface area (Å²) in [4.78, 5) is 9.12. The normalized spacial score (nSPS) is 11.1. The highest BCUT2D eigenvalue weighted by Crippen LogP contribution is 2.10. The maximum absolute atomic E-state index is 4.58. The fourth-order valence-corrected chi connectivity index (χ4v) is 2.70. The highest BCUT2D eigenvalue weighted by atomic mass is 127. The Balaban J connectivity index is 0.00000264. The second kappa shape index (κ2) is 11.4. The molecule has 0 spiro atoms. The Labute approximate surface area is 158 Å². The van der Waals surface area contributed by atoms with Gasteiger partial charge in [0.05, 0.1) is 17.2 Å². The summed E-state index contributed by atoms with van der Waals surface area (Å²) >= 11 is 1.70. The van der Waals surface area contributed by atoms with Gasteiger partial charge in [0.25, 0.3) is 0 Å².